The second kappa shape index (κ2) is 13.0. The molecule has 2 aliphatic carbocycles. The molecule has 0 saturated carbocycles. The molecular formula is C55H37N. The third-order valence-corrected chi connectivity index (χ3v) is 11.9. The molecule has 0 aromatic heterocycles. The first-order valence-electron chi connectivity index (χ1n) is 19.4. The Labute approximate surface area is 328 Å². The van der Waals surface area contributed by atoms with Crippen LogP contribution in [0.3, 0.4) is 0 Å². The van der Waals surface area contributed by atoms with Gasteiger partial charge in [-0.15, -0.1) is 0 Å². The van der Waals surface area contributed by atoms with E-state index >= 15 is 0 Å². The summed E-state index contributed by atoms with van der Waals surface area (Å²) < 4.78 is 0. The highest BCUT2D eigenvalue weighted by atomic mass is 15.1. The molecule has 0 amide bonds. The van der Waals surface area contributed by atoms with E-state index in [1.165, 1.54) is 77.9 Å². The third kappa shape index (κ3) is 4.88. The van der Waals surface area contributed by atoms with Crippen LogP contribution in [0.4, 0.5) is 17.1 Å². The Bertz CT molecular complexity index is 2840. The summed E-state index contributed by atoms with van der Waals surface area (Å²) in [5.41, 5.74) is 20.8. The van der Waals surface area contributed by atoms with E-state index in [2.05, 4.69) is 229 Å². The molecule has 11 rings (SSSR count). The van der Waals surface area contributed by atoms with Gasteiger partial charge in [0.05, 0.1) is 5.41 Å². The van der Waals surface area contributed by atoms with Crippen LogP contribution in [0.1, 0.15) is 22.3 Å². The zero-order valence-electron chi connectivity index (χ0n) is 30.8. The summed E-state index contributed by atoms with van der Waals surface area (Å²) in [7, 11) is 0. The van der Waals surface area contributed by atoms with Gasteiger partial charge in [-0.25, -0.2) is 0 Å². The minimum atomic E-state index is -0.428. The van der Waals surface area contributed by atoms with Crippen molar-refractivity contribution in [2.75, 3.05) is 4.90 Å². The molecular weight excluding hydrogens is 675 g/mol. The molecule has 2 aliphatic rings. The number of nitrogens with zero attached hydrogens (tertiary/aromatic N) is 1. The van der Waals surface area contributed by atoms with Crippen molar-refractivity contribution in [1.82, 2.24) is 0 Å². The van der Waals surface area contributed by atoms with Gasteiger partial charge in [-0.3, -0.25) is 0 Å². The Morgan fingerprint density at radius 1 is 0.250 bits per heavy atom. The number of benzene rings is 9. The lowest BCUT2D eigenvalue weighted by Crippen LogP contribution is -2.26. The summed E-state index contributed by atoms with van der Waals surface area (Å²) in [6.07, 6.45) is 0. The summed E-state index contributed by atoms with van der Waals surface area (Å²) in [5.74, 6) is 0. The van der Waals surface area contributed by atoms with Gasteiger partial charge >= 0.3 is 0 Å². The van der Waals surface area contributed by atoms with Gasteiger partial charge in [-0.05, 0) is 114 Å². The maximum atomic E-state index is 2.40. The number of fused-ring (bicyclic) bond motifs is 10. The summed E-state index contributed by atoms with van der Waals surface area (Å²) >= 11 is 0. The quantitative estimate of drug-likeness (QED) is 0.166. The fraction of sp³-hybridized carbons (Fsp3) is 0.0182. The second-order valence-corrected chi connectivity index (χ2v) is 14.8. The zero-order valence-corrected chi connectivity index (χ0v) is 30.8. The lowest BCUT2D eigenvalue weighted by Gasteiger charge is -2.32. The van der Waals surface area contributed by atoms with Gasteiger partial charge in [0.2, 0.25) is 0 Å². The fourth-order valence-electron chi connectivity index (χ4n) is 9.54. The van der Waals surface area contributed by atoms with Gasteiger partial charge in [0.1, 0.15) is 0 Å². The zero-order chi connectivity index (χ0) is 37.1. The normalized spacial score (nSPS) is 12.8. The van der Waals surface area contributed by atoms with E-state index < -0.39 is 5.41 Å². The number of hydrogen-bond donors (Lipinski definition) is 0. The first-order chi connectivity index (χ1) is 27.8. The van der Waals surface area contributed by atoms with Crippen molar-refractivity contribution in [3.8, 4) is 55.6 Å². The maximum absolute atomic E-state index is 2.40. The molecule has 9 aromatic rings. The highest BCUT2D eigenvalue weighted by Gasteiger charge is 2.52. The van der Waals surface area contributed by atoms with Gasteiger partial charge in [0.25, 0.3) is 0 Å². The minimum absolute atomic E-state index is 0.428. The van der Waals surface area contributed by atoms with Crippen LogP contribution in [0.5, 0.6) is 0 Å². The topological polar surface area (TPSA) is 3.24 Å². The molecule has 262 valence electrons. The maximum Gasteiger partial charge on any atom is 0.0731 e. The van der Waals surface area contributed by atoms with Crippen LogP contribution in [0.2, 0.25) is 0 Å². The van der Waals surface area contributed by atoms with Crippen LogP contribution >= 0.6 is 0 Å². The average molecular weight is 712 g/mol. The fourth-order valence-corrected chi connectivity index (χ4v) is 9.54. The van der Waals surface area contributed by atoms with Crippen LogP contribution in [0, 0.1) is 0 Å². The first kappa shape index (κ1) is 32.2. The Balaban J connectivity index is 1.12. The number of rotatable bonds is 6. The summed E-state index contributed by atoms with van der Waals surface area (Å²) in [5, 5.41) is 0. The van der Waals surface area contributed by atoms with Crippen LogP contribution in [-0.2, 0) is 5.41 Å². The lowest BCUT2D eigenvalue weighted by atomic mass is 9.68. The molecule has 9 aromatic carbocycles. The third-order valence-electron chi connectivity index (χ3n) is 11.9. The molecule has 0 unspecified atom stereocenters. The summed E-state index contributed by atoms with van der Waals surface area (Å²) in [6, 6.07) is 82.4. The highest BCUT2D eigenvalue weighted by molar-refractivity contribution is 5.99. The molecule has 1 heteroatoms. The predicted octanol–water partition coefficient (Wildman–Crippen LogP) is 14.5. The van der Waals surface area contributed by atoms with Crippen molar-refractivity contribution in [1.29, 1.82) is 0 Å². The van der Waals surface area contributed by atoms with Gasteiger partial charge in [0, 0.05) is 17.1 Å². The van der Waals surface area contributed by atoms with E-state index in [1.54, 1.807) is 0 Å². The molecule has 0 N–H and O–H groups in total. The smallest absolute Gasteiger partial charge is 0.0731 e. The van der Waals surface area contributed by atoms with E-state index in [1.807, 2.05) is 0 Å². The van der Waals surface area contributed by atoms with Crippen molar-refractivity contribution in [3.63, 3.8) is 0 Å². The Morgan fingerprint density at radius 3 is 1.23 bits per heavy atom. The summed E-state index contributed by atoms with van der Waals surface area (Å²) in [4.78, 5) is 2.40. The second-order valence-electron chi connectivity index (χ2n) is 14.8. The molecule has 56 heavy (non-hydrogen) atoms. The van der Waals surface area contributed by atoms with Gasteiger partial charge < -0.3 is 4.90 Å². The number of anilines is 3. The Morgan fingerprint density at radius 2 is 0.643 bits per heavy atom. The van der Waals surface area contributed by atoms with Crippen LogP contribution in [0.15, 0.2) is 224 Å². The molecule has 0 fully saturated rings. The molecule has 0 saturated heterocycles. The van der Waals surface area contributed by atoms with Crippen molar-refractivity contribution in [2.24, 2.45) is 0 Å². The lowest BCUT2D eigenvalue weighted by molar-refractivity contribution is 0.796. The Kier molecular flexibility index (Phi) is 7.47. The minimum Gasteiger partial charge on any atom is -0.310 e. The summed E-state index contributed by atoms with van der Waals surface area (Å²) in [6.45, 7) is 0. The van der Waals surface area contributed by atoms with E-state index in [9.17, 15) is 0 Å². The average Bonchev–Trinajstić information content (AvgIpc) is 3.75. The van der Waals surface area contributed by atoms with Crippen LogP contribution in [0.25, 0.3) is 55.6 Å². The van der Waals surface area contributed by atoms with Crippen molar-refractivity contribution >= 4 is 17.1 Å². The molecule has 0 atom stereocenters. The highest BCUT2D eigenvalue weighted by Crippen LogP contribution is 2.64. The van der Waals surface area contributed by atoms with Gasteiger partial charge in [-0.1, -0.05) is 188 Å². The van der Waals surface area contributed by atoms with Crippen LogP contribution < -0.4 is 4.90 Å². The predicted molar refractivity (Wildman–Crippen MR) is 234 cm³/mol. The Hall–Kier alpha value is -7.22. The van der Waals surface area contributed by atoms with Crippen LogP contribution in [-0.4, -0.2) is 0 Å². The van der Waals surface area contributed by atoms with Crippen molar-refractivity contribution in [3.05, 3.63) is 247 Å². The van der Waals surface area contributed by atoms with Crippen molar-refractivity contribution < 1.29 is 0 Å². The molecule has 0 aliphatic heterocycles. The first-order valence-corrected chi connectivity index (χ1v) is 19.4. The van der Waals surface area contributed by atoms with Crippen molar-refractivity contribution in [2.45, 2.75) is 5.41 Å². The van der Waals surface area contributed by atoms with E-state index in [-0.39, 0.29) is 0 Å². The number of hydrogen-bond acceptors (Lipinski definition) is 1. The van der Waals surface area contributed by atoms with E-state index in [4.69, 9.17) is 0 Å². The van der Waals surface area contributed by atoms with E-state index in [0.29, 0.717) is 0 Å². The molecule has 0 bridgehead atoms. The molecule has 0 radical (unpaired) electrons. The van der Waals surface area contributed by atoms with Gasteiger partial charge in [-0.2, -0.15) is 0 Å². The molecule has 1 spiro atoms. The largest absolute Gasteiger partial charge is 0.310 e. The molecule has 0 heterocycles. The molecule has 1 nitrogen and oxygen atoms in total. The van der Waals surface area contributed by atoms with E-state index in [0.717, 1.165) is 17.1 Å². The standard InChI is InChI=1S/C55H37N/c1-3-16-38(17-4-1)40-32-34-43(35-33-40)56(44-22-13-20-41(36-44)39-18-5-2-6-19-39)45-23-14-21-42(37-45)46-27-15-28-50-49-26-9-12-31-53(49)55(54(46)50)51-29-10-7-24-47(51)48-25-8-11-30-52(48)55/h1-37H. The SMILES string of the molecule is c1ccc(-c2ccc(N(c3cccc(-c4ccccc4)c3)c3cccc(-c4cccc5c4C4(c6ccccc6-c6ccccc64)c4ccccc4-5)c3)cc2)cc1. The monoisotopic (exact) mass is 711 g/mol. The van der Waals surface area contributed by atoms with Gasteiger partial charge in [0.15, 0.2) is 0 Å².